The SMILES string of the molecule is COc1ccc(C2CCCC3CN(c4ccc(Cl)c(CF)c4)CCN32)cc1OC. The van der Waals surface area contributed by atoms with Gasteiger partial charge in [-0.05, 0) is 55.2 Å². The number of ether oxygens (including phenoxy) is 2. The van der Waals surface area contributed by atoms with Crippen LogP contribution in [0.25, 0.3) is 0 Å². The van der Waals surface area contributed by atoms with Gasteiger partial charge in [-0.15, -0.1) is 0 Å². The highest BCUT2D eigenvalue weighted by molar-refractivity contribution is 6.31. The summed E-state index contributed by atoms with van der Waals surface area (Å²) in [6, 6.07) is 12.9. The van der Waals surface area contributed by atoms with Gasteiger partial charge in [0.25, 0.3) is 0 Å². The van der Waals surface area contributed by atoms with Crippen LogP contribution in [0.15, 0.2) is 36.4 Å². The first-order valence-corrected chi connectivity index (χ1v) is 10.6. The number of halogens is 2. The fraction of sp³-hybridized carbons (Fsp3) is 0.478. The van der Waals surface area contributed by atoms with E-state index in [1.807, 2.05) is 24.3 Å². The minimum absolute atomic E-state index is 0.391. The molecule has 6 heteroatoms. The number of benzene rings is 2. The summed E-state index contributed by atoms with van der Waals surface area (Å²) in [5, 5.41) is 0.501. The summed E-state index contributed by atoms with van der Waals surface area (Å²) in [4.78, 5) is 5.00. The van der Waals surface area contributed by atoms with Crippen molar-refractivity contribution >= 4 is 17.3 Å². The predicted octanol–water partition coefficient (Wildman–Crippen LogP) is 5.24. The van der Waals surface area contributed by atoms with Crippen molar-refractivity contribution in [3.05, 3.63) is 52.5 Å². The van der Waals surface area contributed by atoms with Crippen molar-refractivity contribution < 1.29 is 13.9 Å². The standard InChI is InChI=1S/C23H28ClFN2O2/c1-28-22-9-6-16(13-23(22)29-2)21-5-3-4-19-15-26(10-11-27(19)21)18-7-8-20(24)17(12-18)14-25/h6-9,12-13,19,21H,3-5,10-11,14-15H2,1-2H3. The van der Waals surface area contributed by atoms with E-state index in [1.165, 1.54) is 18.4 Å². The third kappa shape index (κ3) is 4.03. The number of hydrogen-bond acceptors (Lipinski definition) is 4. The lowest BCUT2D eigenvalue weighted by atomic mass is 9.89. The molecule has 2 aromatic carbocycles. The smallest absolute Gasteiger partial charge is 0.161 e. The lowest BCUT2D eigenvalue weighted by Crippen LogP contribution is -2.55. The van der Waals surface area contributed by atoms with E-state index in [2.05, 4.69) is 21.9 Å². The largest absolute Gasteiger partial charge is 0.493 e. The number of hydrogen-bond donors (Lipinski definition) is 0. The Hall–Kier alpha value is -1.98. The number of anilines is 1. The van der Waals surface area contributed by atoms with Crippen LogP contribution < -0.4 is 14.4 Å². The summed E-state index contributed by atoms with van der Waals surface area (Å²) in [5.41, 5.74) is 2.92. The second kappa shape index (κ2) is 8.80. The van der Waals surface area contributed by atoms with E-state index in [4.69, 9.17) is 21.1 Å². The molecule has 2 atom stereocenters. The van der Waals surface area contributed by atoms with Crippen molar-refractivity contribution in [1.82, 2.24) is 4.90 Å². The Morgan fingerprint density at radius 3 is 2.62 bits per heavy atom. The molecule has 2 fully saturated rings. The van der Waals surface area contributed by atoms with E-state index in [1.54, 1.807) is 14.2 Å². The fourth-order valence-electron chi connectivity index (χ4n) is 4.76. The maximum atomic E-state index is 13.2. The van der Waals surface area contributed by atoms with Gasteiger partial charge in [0, 0.05) is 48.0 Å². The van der Waals surface area contributed by atoms with Crippen molar-refractivity contribution in [1.29, 1.82) is 0 Å². The molecule has 2 heterocycles. The van der Waals surface area contributed by atoms with Gasteiger partial charge >= 0.3 is 0 Å². The summed E-state index contributed by atoms with van der Waals surface area (Å²) in [7, 11) is 3.35. The average molecular weight is 419 g/mol. The molecule has 2 aliphatic heterocycles. The van der Waals surface area contributed by atoms with E-state index in [-0.39, 0.29) is 0 Å². The molecule has 0 spiro atoms. The molecular formula is C23H28ClFN2O2. The Morgan fingerprint density at radius 2 is 1.86 bits per heavy atom. The van der Waals surface area contributed by atoms with Crippen LogP contribution in [-0.4, -0.2) is 44.8 Å². The zero-order valence-corrected chi connectivity index (χ0v) is 17.8. The molecule has 2 aromatic rings. The quantitative estimate of drug-likeness (QED) is 0.662. The van der Waals surface area contributed by atoms with Gasteiger partial charge in [0.15, 0.2) is 11.5 Å². The van der Waals surface area contributed by atoms with Gasteiger partial charge in [0.05, 0.1) is 14.2 Å². The molecule has 0 saturated carbocycles. The highest BCUT2D eigenvalue weighted by atomic mass is 35.5. The molecule has 2 saturated heterocycles. The van der Waals surface area contributed by atoms with Crippen molar-refractivity contribution in [2.75, 3.05) is 38.8 Å². The minimum Gasteiger partial charge on any atom is -0.493 e. The van der Waals surface area contributed by atoms with Gasteiger partial charge in [-0.3, -0.25) is 4.90 Å². The van der Waals surface area contributed by atoms with Gasteiger partial charge in [-0.25, -0.2) is 4.39 Å². The third-order valence-electron chi connectivity index (χ3n) is 6.27. The maximum Gasteiger partial charge on any atom is 0.161 e. The van der Waals surface area contributed by atoms with Crippen LogP contribution in [0, 0.1) is 0 Å². The van der Waals surface area contributed by atoms with Crippen LogP contribution >= 0.6 is 11.6 Å². The second-order valence-electron chi connectivity index (χ2n) is 7.81. The van der Waals surface area contributed by atoms with Crippen LogP contribution in [0.2, 0.25) is 5.02 Å². The van der Waals surface area contributed by atoms with E-state index in [0.717, 1.165) is 43.2 Å². The second-order valence-corrected chi connectivity index (χ2v) is 8.22. The highest BCUT2D eigenvalue weighted by Crippen LogP contribution is 2.40. The van der Waals surface area contributed by atoms with Crippen molar-refractivity contribution in [2.45, 2.75) is 38.0 Å². The molecule has 4 nitrogen and oxygen atoms in total. The molecule has 156 valence electrons. The van der Waals surface area contributed by atoms with Crippen molar-refractivity contribution in [3.8, 4) is 11.5 Å². The zero-order chi connectivity index (χ0) is 20.4. The van der Waals surface area contributed by atoms with Crippen molar-refractivity contribution in [2.24, 2.45) is 0 Å². The van der Waals surface area contributed by atoms with E-state index in [9.17, 15) is 4.39 Å². The van der Waals surface area contributed by atoms with Crippen molar-refractivity contribution in [3.63, 3.8) is 0 Å². The van der Waals surface area contributed by atoms with Crippen LogP contribution in [0.4, 0.5) is 10.1 Å². The molecule has 4 rings (SSSR count). The number of piperazine rings is 1. The van der Waals surface area contributed by atoms with Crippen LogP contribution in [-0.2, 0) is 6.67 Å². The van der Waals surface area contributed by atoms with Gasteiger partial charge < -0.3 is 14.4 Å². The van der Waals surface area contributed by atoms with Gasteiger partial charge in [-0.1, -0.05) is 17.7 Å². The lowest BCUT2D eigenvalue weighted by Gasteiger charge is -2.49. The highest BCUT2D eigenvalue weighted by Gasteiger charge is 2.36. The number of fused-ring (bicyclic) bond motifs is 1. The maximum absolute atomic E-state index is 13.2. The number of rotatable bonds is 5. The average Bonchev–Trinajstić information content (AvgIpc) is 2.78. The van der Waals surface area contributed by atoms with Crippen LogP contribution in [0.5, 0.6) is 11.5 Å². The van der Waals surface area contributed by atoms with Crippen LogP contribution in [0.1, 0.15) is 36.4 Å². The Kier molecular flexibility index (Phi) is 6.16. The number of nitrogens with zero attached hydrogens (tertiary/aromatic N) is 2. The monoisotopic (exact) mass is 418 g/mol. The van der Waals surface area contributed by atoms with E-state index < -0.39 is 6.67 Å². The third-order valence-corrected chi connectivity index (χ3v) is 6.64. The molecule has 0 bridgehead atoms. The normalized spacial score (nSPS) is 22.3. The summed E-state index contributed by atoms with van der Waals surface area (Å²) in [6.45, 7) is 2.33. The topological polar surface area (TPSA) is 24.9 Å². The molecular weight excluding hydrogens is 391 g/mol. The number of alkyl halides is 1. The first-order valence-electron chi connectivity index (χ1n) is 10.2. The number of methoxy groups -OCH3 is 2. The zero-order valence-electron chi connectivity index (χ0n) is 17.0. The first kappa shape index (κ1) is 20.3. The molecule has 0 aliphatic carbocycles. The summed E-state index contributed by atoms with van der Waals surface area (Å²) in [6.07, 6.45) is 3.53. The molecule has 0 radical (unpaired) electrons. The Balaban J connectivity index is 1.53. The fourth-order valence-corrected chi connectivity index (χ4v) is 4.93. The summed E-state index contributed by atoms with van der Waals surface area (Å²) >= 11 is 6.09. The molecule has 2 unspecified atom stereocenters. The van der Waals surface area contributed by atoms with Gasteiger partial charge in [0.2, 0.25) is 0 Å². The van der Waals surface area contributed by atoms with E-state index >= 15 is 0 Å². The minimum atomic E-state index is -0.530. The lowest BCUT2D eigenvalue weighted by molar-refractivity contribution is 0.0715. The summed E-state index contributed by atoms with van der Waals surface area (Å²) < 4.78 is 24.1. The molecule has 0 aromatic heterocycles. The van der Waals surface area contributed by atoms with Gasteiger partial charge in [0.1, 0.15) is 6.67 Å². The molecule has 0 N–H and O–H groups in total. The van der Waals surface area contributed by atoms with Gasteiger partial charge in [-0.2, -0.15) is 0 Å². The van der Waals surface area contributed by atoms with E-state index in [0.29, 0.717) is 22.7 Å². The Bertz CT molecular complexity index is 863. The summed E-state index contributed by atoms with van der Waals surface area (Å²) in [5.74, 6) is 1.55. The molecule has 29 heavy (non-hydrogen) atoms. The predicted molar refractivity (Wildman–Crippen MR) is 115 cm³/mol. The Morgan fingerprint density at radius 1 is 1.03 bits per heavy atom. The number of piperidine rings is 1. The molecule has 2 aliphatic rings. The first-order chi connectivity index (χ1) is 14.1. The van der Waals surface area contributed by atoms with Crippen LogP contribution in [0.3, 0.4) is 0 Å². The molecule has 0 amide bonds. The Labute approximate surface area is 177 Å².